The highest BCUT2D eigenvalue weighted by Crippen LogP contribution is 2.29. The van der Waals surface area contributed by atoms with Crippen molar-refractivity contribution in [2.24, 2.45) is 0 Å². The fourth-order valence-corrected chi connectivity index (χ4v) is 6.18. The number of anilines is 1. The molecule has 1 N–H and O–H groups in total. The third-order valence-electron chi connectivity index (χ3n) is 5.44. The van der Waals surface area contributed by atoms with Gasteiger partial charge in [-0.3, -0.25) is 9.59 Å². The molecule has 0 aliphatic rings. The Morgan fingerprint density at radius 3 is 2.63 bits per heavy atom. The van der Waals surface area contributed by atoms with E-state index in [1.165, 1.54) is 17.5 Å². The number of benzene rings is 2. The van der Waals surface area contributed by atoms with Crippen molar-refractivity contribution in [1.82, 2.24) is 9.55 Å². The van der Waals surface area contributed by atoms with Crippen LogP contribution >= 0.6 is 11.3 Å². The molecule has 0 unspecified atom stereocenters. The largest absolute Gasteiger partial charge is 0.466 e. The molecule has 4 aromatic rings. The van der Waals surface area contributed by atoms with Gasteiger partial charge in [-0.25, -0.2) is 13.4 Å². The van der Waals surface area contributed by atoms with Crippen LogP contribution in [0.3, 0.4) is 0 Å². The Kier molecular flexibility index (Phi) is 7.32. The topological polar surface area (TPSA) is 107 Å². The van der Waals surface area contributed by atoms with Crippen LogP contribution < -0.4 is 5.32 Å². The number of carbonyl (C=O) groups excluding carboxylic acids is 2. The van der Waals surface area contributed by atoms with Gasteiger partial charge in [0.1, 0.15) is 6.54 Å². The summed E-state index contributed by atoms with van der Waals surface area (Å²) in [5.74, 6) is -0.859. The third kappa shape index (κ3) is 5.77. The number of nitrogens with one attached hydrogen (secondary N) is 1. The second kappa shape index (κ2) is 10.4. The van der Waals surface area contributed by atoms with Crippen molar-refractivity contribution in [3.63, 3.8) is 0 Å². The average Bonchev–Trinajstić information content (AvgIpc) is 3.40. The Morgan fingerprint density at radius 1 is 1.11 bits per heavy atom. The fraction of sp³-hybridized carbons (Fsp3) is 0.240. The van der Waals surface area contributed by atoms with Gasteiger partial charge in [0.25, 0.3) is 0 Å². The highest BCUT2D eigenvalue weighted by Gasteiger charge is 2.23. The second-order valence-electron chi connectivity index (χ2n) is 8.00. The maximum absolute atomic E-state index is 13.3. The minimum Gasteiger partial charge on any atom is -0.466 e. The van der Waals surface area contributed by atoms with Crippen molar-refractivity contribution in [1.29, 1.82) is 0 Å². The molecule has 2 aromatic carbocycles. The minimum atomic E-state index is -3.66. The molecule has 2 aromatic heterocycles. The number of carbonyl (C=O) groups is 2. The normalized spacial score (nSPS) is 11.5. The molecule has 0 bridgehead atoms. The number of aromatic nitrogens is 2. The number of rotatable bonds is 9. The zero-order valence-corrected chi connectivity index (χ0v) is 21.0. The van der Waals surface area contributed by atoms with Crippen molar-refractivity contribution in [2.75, 3.05) is 11.9 Å². The molecule has 0 fully saturated rings. The predicted molar refractivity (Wildman–Crippen MR) is 135 cm³/mol. The van der Waals surface area contributed by atoms with E-state index in [0.717, 1.165) is 11.1 Å². The van der Waals surface area contributed by atoms with Crippen LogP contribution in [0.5, 0.6) is 0 Å². The first-order valence-corrected chi connectivity index (χ1v) is 13.5. The maximum atomic E-state index is 13.3. The summed E-state index contributed by atoms with van der Waals surface area (Å²) >= 11 is 1.21. The number of esters is 1. The maximum Gasteiger partial charge on any atom is 0.311 e. The number of hydrogen-bond donors (Lipinski definition) is 1. The van der Waals surface area contributed by atoms with Gasteiger partial charge in [0.15, 0.2) is 15.0 Å². The molecule has 35 heavy (non-hydrogen) atoms. The molecular weight excluding hydrogens is 486 g/mol. The summed E-state index contributed by atoms with van der Waals surface area (Å²) in [7, 11) is -3.66. The van der Waals surface area contributed by atoms with Crippen LogP contribution in [-0.2, 0) is 42.9 Å². The summed E-state index contributed by atoms with van der Waals surface area (Å²) in [6.07, 6.45) is 1.55. The van der Waals surface area contributed by atoms with Gasteiger partial charge in [0, 0.05) is 22.5 Å². The van der Waals surface area contributed by atoms with E-state index in [1.807, 2.05) is 31.2 Å². The molecule has 0 aliphatic heterocycles. The Balaban J connectivity index is 1.54. The lowest BCUT2D eigenvalue weighted by Gasteiger charge is -2.06. The van der Waals surface area contributed by atoms with Crippen LogP contribution in [0.25, 0.3) is 10.9 Å². The molecule has 0 aliphatic carbocycles. The van der Waals surface area contributed by atoms with Gasteiger partial charge in [-0.1, -0.05) is 42.5 Å². The number of para-hydroxylation sites is 1. The van der Waals surface area contributed by atoms with Crippen LogP contribution in [0.15, 0.2) is 65.0 Å². The Hall–Kier alpha value is -3.50. The molecule has 4 rings (SSSR count). The Morgan fingerprint density at radius 2 is 1.86 bits per heavy atom. The minimum absolute atomic E-state index is 0.0323. The van der Waals surface area contributed by atoms with Gasteiger partial charge in [0.05, 0.1) is 29.4 Å². The molecule has 0 saturated heterocycles. The molecular formula is C25H25N3O5S2. The van der Waals surface area contributed by atoms with Gasteiger partial charge < -0.3 is 14.6 Å². The first-order chi connectivity index (χ1) is 16.8. The quantitative estimate of drug-likeness (QED) is 0.339. The van der Waals surface area contributed by atoms with Crippen molar-refractivity contribution < 1.29 is 22.7 Å². The molecule has 0 spiro atoms. The predicted octanol–water partition coefficient (Wildman–Crippen LogP) is 4.12. The number of amides is 1. The molecule has 0 radical (unpaired) electrons. The van der Waals surface area contributed by atoms with Crippen molar-refractivity contribution in [3.8, 4) is 0 Å². The van der Waals surface area contributed by atoms with Crippen LogP contribution in [0.4, 0.5) is 5.13 Å². The monoisotopic (exact) mass is 511 g/mol. The number of hydrogen-bond acceptors (Lipinski definition) is 7. The molecule has 10 heteroatoms. The highest BCUT2D eigenvalue weighted by atomic mass is 32.2. The summed E-state index contributed by atoms with van der Waals surface area (Å²) in [4.78, 5) is 28.8. The van der Waals surface area contributed by atoms with E-state index in [4.69, 9.17) is 4.74 Å². The molecule has 8 nitrogen and oxygen atoms in total. The lowest BCUT2D eigenvalue weighted by atomic mass is 10.1. The standard InChI is InChI=1S/C25H25N3O5S2/c1-3-33-24(30)12-19-15-34-25(26-19)27-23(29)14-28-13-22(20-10-6-7-11-21(20)28)35(31,32)16-18-9-5-4-8-17(18)2/h4-11,13,15H,3,12,14,16H2,1-2H3,(H,26,27,29). The van der Waals surface area contributed by atoms with Crippen molar-refractivity contribution in [2.45, 2.75) is 37.5 Å². The number of fused-ring (bicyclic) bond motifs is 1. The van der Waals surface area contributed by atoms with Crippen LogP contribution in [0.2, 0.25) is 0 Å². The zero-order chi connectivity index (χ0) is 25.0. The average molecular weight is 512 g/mol. The number of thiazole rings is 1. The first-order valence-electron chi connectivity index (χ1n) is 11.0. The number of aryl methyl sites for hydroxylation is 1. The molecule has 0 saturated carbocycles. The van der Waals surface area contributed by atoms with Crippen LogP contribution in [-0.4, -0.2) is 36.5 Å². The van der Waals surface area contributed by atoms with E-state index in [2.05, 4.69) is 10.3 Å². The van der Waals surface area contributed by atoms with E-state index in [0.29, 0.717) is 28.3 Å². The summed E-state index contributed by atoms with van der Waals surface area (Å²) in [5.41, 5.74) is 2.81. The van der Waals surface area contributed by atoms with E-state index >= 15 is 0 Å². The van der Waals surface area contributed by atoms with Crippen LogP contribution in [0, 0.1) is 6.92 Å². The Labute approximate surface area is 207 Å². The molecule has 0 atom stereocenters. The Bertz CT molecular complexity index is 1490. The summed E-state index contributed by atoms with van der Waals surface area (Å²) < 4.78 is 33.2. The second-order valence-corrected chi connectivity index (χ2v) is 10.8. The SMILES string of the molecule is CCOC(=O)Cc1csc(NC(=O)Cn2cc(S(=O)(=O)Cc3ccccc3C)c3ccccc32)n1. The van der Waals surface area contributed by atoms with Gasteiger partial charge >= 0.3 is 5.97 Å². The first kappa shape index (κ1) is 24.6. The number of ether oxygens (including phenoxy) is 1. The zero-order valence-electron chi connectivity index (χ0n) is 19.4. The lowest BCUT2D eigenvalue weighted by molar-refractivity contribution is -0.142. The highest BCUT2D eigenvalue weighted by molar-refractivity contribution is 7.90. The number of sulfone groups is 1. The van der Waals surface area contributed by atoms with E-state index in [1.54, 1.807) is 41.1 Å². The summed E-state index contributed by atoms with van der Waals surface area (Å²) in [5, 5.41) is 5.34. The van der Waals surface area contributed by atoms with Gasteiger partial charge in [-0.05, 0) is 31.0 Å². The van der Waals surface area contributed by atoms with Crippen molar-refractivity contribution in [3.05, 3.63) is 76.9 Å². The van der Waals surface area contributed by atoms with Gasteiger partial charge in [-0.2, -0.15) is 0 Å². The molecule has 182 valence electrons. The van der Waals surface area contributed by atoms with E-state index < -0.39 is 9.84 Å². The smallest absolute Gasteiger partial charge is 0.311 e. The van der Waals surface area contributed by atoms with E-state index in [9.17, 15) is 18.0 Å². The third-order valence-corrected chi connectivity index (χ3v) is 7.93. The number of nitrogens with zero attached hydrogens (tertiary/aromatic N) is 2. The molecule has 2 heterocycles. The molecule has 1 amide bonds. The van der Waals surface area contributed by atoms with E-state index in [-0.39, 0.29) is 35.5 Å². The van der Waals surface area contributed by atoms with Gasteiger partial charge in [-0.15, -0.1) is 11.3 Å². The van der Waals surface area contributed by atoms with Gasteiger partial charge in [0.2, 0.25) is 5.91 Å². The lowest BCUT2D eigenvalue weighted by Crippen LogP contribution is -2.18. The van der Waals surface area contributed by atoms with Crippen molar-refractivity contribution >= 4 is 49.1 Å². The fourth-order valence-electron chi connectivity index (χ4n) is 3.77. The van der Waals surface area contributed by atoms with Crippen LogP contribution in [0.1, 0.15) is 23.7 Å². The summed E-state index contributed by atoms with van der Waals surface area (Å²) in [6, 6.07) is 14.5. The summed E-state index contributed by atoms with van der Waals surface area (Å²) in [6.45, 7) is 3.82.